The molecule has 0 spiro atoms. The third-order valence-corrected chi connectivity index (χ3v) is 6.97. The molecule has 4 aromatic rings. The summed E-state index contributed by atoms with van der Waals surface area (Å²) in [6.45, 7) is 1.85. The lowest BCUT2D eigenvalue weighted by Crippen LogP contribution is -2.28. The third-order valence-electron chi connectivity index (χ3n) is 4.95. The molecule has 0 saturated heterocycles. The number of rotatable bonds is 6. The molecule has 9 heteroatoms. The van der Waals surface area contributed by atoms with Crippen molar-refractivity contribution in [1.82, 2.24) is 14.7 Å². The van der Waals surface area contributed by atoms with Gasteiger partial charge >= 0.3 is 0 Å². The predicted octanol–water partition coefficient (Wildman–Crippen LogP) is 4.03. The lowest BCUT2D eigenvalue weighted by atomic mass is 10.1. The van der Waals surface area contributed by atoms with Crippen molar-refractivity contribution < 1.29 is 17.6 Å². The molecule has 0 unspecified atom stereocenters. The maximum absolute atomic E-state index is 13.2. The molecule has 4 rings (SSSR count). The minimum Gasteiger partial charge on any atom is -0.349 e. The summed E-state index contributed by atoms with van der Waals surface area (Å²) in [5.74, 6) is -0.460. The van der Waals surface area contributed by atoms with Crippen LogP contribution in [0.4, 0.5) is 4.39 Å². The van der Waals surface area contributed by atoms with Crippen molar-refractivity contribution in [3.63, 3.8) is 0 Å². The smallest absolute Gasteiger partial charge is 0.226 e. The monoisotopic (exact) mass is 457 g/mol. The summed E-state index contributed by atoms with van der Waals surface area (Å²) in [6.07, 6.45) is 3.17. The Morgan fingerprint density at radius 2 is 1.84 bits per heavy atom. The van der Waals surface area contributed by atoms with Gasteiger partial charge in [0.2, 0.25) is 5.91 Å². The number of carbonyl (C=O) groups excluding carboxylic acids is 1. The molecule has 1 atom stereocenters. The molecule has 2 aromatic carbocycles. The Hall–Kier alpha value is -3.04. The van der Waals surface area contributed by atoms with Crippen LogP contribution >= 0.6 is 11.3 Å². The van der Waals surface area contributed by atoms with E-state index >= 15 is 0 Å². The SMILES string of the molecule is C[C@H](NC(=O)Cc1csc2nc(-c3ccc(F)cc3)cn12)c1ccc(S(C)(=O)=O)cc1. The van der Waals surface area contributed by atoms with E-state index in [2.05, 4.69) is 10.3 Å². The lowest BCUT2D eigenvalue weighted by Gasteiger charge is -2.14. The van der Waals surface area contributed by atoms with Crippen molar-refractivity contribution in [3.05, 3.63) is 77.2 Å². The predicted molar refractivity (Wildman–Crippen MR) is 118 cm³/mol. The number of halogens is 1. The van der Waals surface area contributed by atoms with Crippen LogP contribution in [0.1, 0.15) is 24.2 Å². The van der Waals surface area contributed by atoms with E-state index in [1.165, 1.54) is 35.6 Å². The van der Waals surface area contributed by atoms with Crippen LogP contribution in [0.5, 0.6) is 0 Å². The highest BCUT2D eigenvalue weighted by atomic mass is 32.2. The van der Waals surface area contributed by atoms with Crippen LogP contribution < -0.4 is 5.32 Å². The van der Waals surface area contributed by atoms with E-state index < -0.39 is 9.84 Å². The van der Waals surface area contributed by atoms with Crippen molar-refractivity contribution in [2.45, 2.75) is 24.3 Å². The molecule has 0 radical (unpaired) electrons. The van der Waals surface area contributed by atoms with Crippen LogP contribution in [0, 0.1) is 5.82 Å². The van der Waals surface area contributed by atoms with Gasteiger partial charge in [-0.15, -0.1) is 11.3 Å². The lowest BCUT2D eigenvalue weighted by molar-refractivity contribution is -0.121. The highest BCUT2D eigenvalue weighted by Crippen LogP contribution is 2.24. The molecule has 31 heavy (non-hydrogen) atoms. The Balaban J connectivity index is 1.46. The second kappa shape index (κ2) is 8.24. The topological polar surface area (TPSA) is 80.5 Å². The van der Waals surface area contributed by atoms with Crippen molar-refractivity contribution in [3.8, 4) is 11.3 Å². The van der Waals surface area contributed by atoms with Crippen LogP contribution in [0.2, 0.25) is 0 Å². The Morgan fingerprint density at radius 1 is 1.16 bits per heavy atom. The summed E-state index contributed by atoms with van der Waals surface area (Å²) in [5, 5.41) is 4.83. The summed E-state index contributed by atoms with van der Waals surface area (Å²) >= 11 is 1.43. The molecule has 0 saturated carbocycles. The first-order valence-corrected chi connectivity index (χ1v) is 12.3. The van der Waals surface area contributed by atoms with E-state index in [0.29, 0.717) is 5.69 Å². The molecule has 0 aliphatic carbocycles. The van der Waals surface area contributed by atoms with Gasteiger partial charge in [0.15, 0.2) is 14.8 Å². The number of carbonyl (C=O) groups is 1. The zero-order valence-corrected chi connectivity index (χ0v) is 18.5. The molecule has 1 N–H and O–H groups in total. The minimum absolute atomic E-state index is 0.156. The second-order valence-corrected chi connectivity index (χ2v) is 10.2. The number of amides is 1. The van der Waals surface area contributed by atoms with Gasteiger partial charge in [0.05, 0.1) is 23.1 Å². The van der Waals surface area contributed by atoms with Gasteiger partial charge in [0.1, 0.15) is 5.82 Å². The molecule has 2 heterocycles. The van der Waals surface area contributed by atoms with E-state index in [1.54, 1.807) is 24.3 Å². The fourth-order valence-corrected chi connectivity index (χ4v) is 4.76. The van der Waals surface area contributed by atoms with Gasteiger partial charge in [-0.3, -0.25) is 9.20 Å². The maximum Gasteiger partial charge on any atom is 0.226 e. The van der Waals surface area contributed by atoms with E-state index in [0.717, 1.165) is 28.0 Å². The summed E-state index contributed by atoms with van der Waals surface area (Å²) in [6, 6.07) is 12.3. The van der Waals surface area contributed by atoms with Gasteiger partial charge in [0.25, 0.3) is 0 Å². The van der Waals surface area contributed by atoms with Crippen molar-refractivity contribution in [2.75, 3.05) is 6.26 Å². The van der Waals surface area contributed by atoms with Gasteiger partial charge in [-0.25, -0.2) is 17.8 Å². The first-order chi connectivity index (χ1) is 14.7. The average molecular weight is 458 g/mol. The second-order valence-electron chi connectivity index (χ2n) is 7.32. The summed E-state index contributed by atoms with van der Waals surface area (Å²) in [7, 11) is -3.26. The Bertz CT molecular complexity index is 1340. The van der Waals surface area contributed by atoms with E-state index in [1.807, 2.05) is 22.9 Å². The van der Waals surface area contributed by atoms with Crippen LogP contribution in [0.15, 0.2) is 65.0 Å². The van der Waals surface area contributed by atoms with Crippen LogP contribution in [-0.2, 0) is 21.1 Å². The molecule has 0 bridgehead atoms. The molecule has 160 valence electrons. The van der Waals surface area contributed by atoms with E-state index in [-0.39, 0.29) is 29.1 Å². The standard InChI is InChI=1S/C22H20FN3O3S2/c1-14(15-5-9-19(10-6-15)31(2,28)29)24-21(27)11-18-13-30-22-25-20(12-26(18)22)16-3-7-17(23)8-4-16/h3-10,12-14H,11H2,1-2H3,(H,24,27)/t14-/m0/s1. The fraction of sp³-hybridized carbons (Fsp3) is 0.182. The molecular weight excluding hydrogens is 437 g/mol. The van der Waals surface area contributed by atoms with E-state index in [4.69, 9.17) is 0 Å². The first-order valence-electron chi connectivity index (χ1n) is 9.51. The first kappa shape index (κ1) is 21.2. The zero-order chi connectivity index (χ0) is 22.2. The maximum atomic E-state index is 13.2. The fourth-order valence-electron chi connectivity index (χ4n) is 3.26. The summed E-state index contributed by atoms with van der Waals surface area (Å²) < 4.78 is 38.2. The highest BCUT2D eigenvalue weighted by molar-refractivity contribution is 7.90. The largest absolute Gasteiger partial charge is 0.349 e. The average Bonchev–Trinajstić information content (AvgIpc) is 3.30. The minimum atomic E-state index is -3.26. The summed E-state index contributed by atoms with van der Waals surface area (Å²) in [5.41, 5.74) is 3.14. The molecular formula is C22H20FN3O3S2. The number of thiazole rings is 1. The Morgan fingerprint density at radius 3 is 2.48 bits per heavy atom. The number of sulfone groups is 1. The van der Waals surface area contributed by atoms with Crippen molar-refractivity contribution >= 4 is 32.0 Å². The number of nitrogens with one attached hydrogen (secondary N) is 1. The van der Waals surface area contributed by atoms with E-state index in [9.17, 15) is 17.6 Å². The molecule has 0 fully saturated rings. The number of hydrogen-bond donors (Lipinski definition) is 1. The highest BCUT2D eigenvalue weighted by Gasteiger charge is 2.15. The molecule has 0 aliphatic heterocycles. The van der Waals surface area contributed by atoms with Gasteiger partial charge in [-0.2, -0.15) is 0 Å². The Labute approximate surface area is 183 Å². The van der Waals surface area contributed by atoms with Crippen molar-refractivity contribution in [1.29, 1.82) is 0 Å². The third kappa shape index (κ3) is 4.67. The van der Waals surface area contributed by atoms with Crippen LogP contribution in [0.25, 0.3) is 16.2 Å². The number of imidazole rings is 1. The van der Waals surface area contributed by atoms with Crippen LogP contribution in [-0.4, -0.2) is 30.0 Å². The van der Waals surface area contributed by atoms with Crippen molar-refractivity contribution in [2.24, 2.45) is 0 Å². The number of nitrogens with zero attached hydrogens (tertiary/aromatic N) is 2. The number of aromatic nitrogens is 2. The molecule has 0 aliphatic rings. The molecule has 2 aromatic heterocycles. The van der Waals surface area contributed by atoms with Gasteiger partial charge in [0, 0.05) is 29.1 Å². The molecule has 6 nitrogen and oxygen atoms in total. The van der Waals surface area contributed by atoms with Gasteiger partial charge in [-0.1, -0.05) is 12.1 Å². The van der Waals surface area contributed by atoms with Gasteiger partial charge in [-0.05, 0) is 48.9 Å². The Kier molecular flexibility index (Phi) is 5.63. The quantitative estimate of drug-likeness (QED) is 0.474. The number of benzene rings is 2. The summed E-state index contributed by atoms with van der Waals surface area (Å²) in [4.78, 5) is 18.2. The van der Waals surface area contributed by atoms with Gasteiger partial charge < -0.3 is 5.32 Å². The zero-order valence-electron chi connectivity index (χ0n) is 16.9. The van der Waals surface area contributed by atoms with Crippen LogP contribution in [0.3, 0.4) is 0 Å². The normalized spacial score (nSPS) is 12.7. The molecule has 1 amide bonds. The number of hydrogen-bond acceptors (Lipinski definition) is 5. The number of fused-ring (bicyclic) bond motifs is 1.